The van der Waals surface area contributed by atoms with Crippen LogP contribution in [0.4, 0.5) is 0 Å². The van der Waals surface area contributed by atoms with Crippen LogP contribution in [0.5, 0.6) is 0 Å². The van der Waals surface area contributed by atoms with Crippen molar-refractivity contribution in [1.29, 1.82) is 0 Å². The number of carbonyl (C=O) groups is 1. The lowest BCUT2D eigenvalue weighted by Crippen LogP contribution is -2.24. The lowest BCUT2D eigenvalue weighted by atomic mass is 9.84. The Morgan fingerprint density at radius 1 is 1.00 bits per heavy atom. The van der Waals surface area contributed by atoms with E-state index >= 15 is 0 Å². The average molecular weight is 341 g/mol. The van der Waals surface area contributed by atoms with Crippen LogP contribution in [0.25, 0.3) is 0 Å². The van der Waals surface area contributed by atoms with Gasteiger partial charge in [-0.25, -0.2) is 0 Å². The third kappa shape index (κ3) is 5.24. The van der Waals surface area contributed by atoms with E-state index in [2.05, 4.69) is 68.4 Å². The molecule has 0 aliphatic rings. The van der Waals surface area contributed by atoms with Crippen LogP contribution in [0.1, 0.15) is 50.7 Å². The summed E-state index contributed by atoms with van der Waals surface area (Å²) in [6.45, 7) is 4.33. The van der Waals surface area contributed by atoms with Crippen molar-refractivity contribution in [2.24, 2.45) is 5.41 Å². The molecule has 0 aliphatic carbocycles. The molecule has 0 fully saturated rings. The second kappa shape index (κ2) is 9.68. The first-order valence-electron chi connectivity index (χ1n) is 8.94. The molecule has 0 bridgehead atoms. The van der Waals surface area contributed by atoms with Gasteiger partial charge in [0.1, 0.15) is 6.29 Å². The van der Waals surface area contributed by atoms with Gasteiger partial charge >= 0.3 is 0 Å². The van der Waals surface area contributed by atoms with E-state index in [1.807, 2.05) is 11.8 Å². The van der Waals surface area contributed by atoms with Crippen LogP contribution < -0.4 is 0 Å². The quantitative estimate of drug-likeness (QED) is 0.381. The third-order valence-corrected chi connectivity index (χ3v) is 6.14. The Kier molecular flexibility index (Phi) is 7.58. The van der Waals surface area contributed by atoms with Gasteiger partial charge in [0.05, 0.1) is 0 Å². The highest BCUT2D eigenvalue weighted by Gasteiger charge is 2.27. The Hall–Kier alpha value is -1.54. The highest BCUT2D eigenvalue weighted by Crippen LogP contribution is 2.35. The summed E-state index contributed by atoms with van der Waals surface area (Å²) < 4.78 is 0. The maximum atomic E-state index is 11.7. The normalized spacial score (nSPS) is 13.4. The van der Waals surface area contributed by atoms with Crippen LogP contribution >= 0.6 is 11.8 Å². The van der Waals surface area contributed by atoms with Gasteiger partial charge in [-0.05, 0) is 36.5 Å². The van der Waals surface area contributed by atoms with Gasteiger partial charge in [0.25, 0.3) is 0 Å². The van der Waals surface area contributed by atoms with E-state index in [-0.39, 0.29) is 5.41 Å². The maximum Gasteiger partial charge on any atom is 0.126 e. The Balaban J connectivity index is 2.10. The summed E-state index contributed by atoms with van der Waals surface area (Å²) in [4.78, 5) is 13.1. The number of aldehydes is 1. The molecule has 0 saturated heterocycles. The number of rotatable bonds is 10. The largest absolute Gasteiger partial charge is 0.303 e. The fourth-order valence-corrected chi connectivity index (χ4v) is 4.24. The Bertz CT molecular complexity index is 623. The van der Waals surface area contributed by atoms with Gasteiger partial charge in [0.2, 0.25) is 0 Å². The summed E-state index contributed by atoms with van der Waals surface area (Å²) in [5.41, 5.74) is 2.49. The first-order chi connectivity index (χ1) is 11.7. The van der Waals surface area contributed by atoms with Crippen LogP contribution in [-0.4, -0.2) is 12.0 Å². The number of benzene rings is 2. The SMILES string of the molecule is CCCCC(C=O)(CC)CSc1ccccc1Cc1ccccc1. The van der Waals surface area contributed by atoms with E-state index in [0.717, 1.165) is 37.9 Å². The van der Waals surface area contributed by atoms with Crippen molar-refractivity contribution in [2.45, 2.75) is 50.8 Å². The van der Waals surface area contributed by atoms with Crippen molar-refractivity contribution in [1.82, 2.24) is 0 Å². The first-order valence-corrected chi connectivity index (χ1v) is 9.92. The number of thioether (sulfide) groups is 1. The highest BCUT2D eigenvalue weighted by molar-refractivity contribution is 7.99. The molecule has 0 radical (unpaired) electrons. The van der Waals surface area contributed by atoms with Crippen molar-refractivity contribution >= 4 is 18.0 Å². The molecular weight excluding hydrogens is 312 g/mol. The van der Waals surface area contributed by atoms with E-state index in [9.17, 15) is 4.79 Å². The Morgan fingerprint density at radius 2 is 1.71 bits per heavy atom. The molecule has 2 rings (SSSR count). The van der Waals surface area contributed by atoms with Crippen LogP contribution in [0.2, 0.25) is 0 Å². The van der Waals surface area contributed by atoms with Gasteiger partial charge in [-0.3, -0.25) is 0 Å². The predicted octanol–water partition coefficient (Wildman–Crippen LogP) is 6.16. The summed E-state index contributed by atoms with van der Waals surface area (Å²) >= 11 is 1.84. The van der Waals surface area contributed by atoms with Crippen molar-refractivity contribution in [3.05, 3.63) is 65.7 Å². The molecule has 2 aromatic carbocycles. The number of hydrogen-bond donors (Lipinski definition) is 0. The minimum absolute atomic E-state index is 0.180. The topological polar surface area (TPSA) is 17.1 Å². The Morgan fingerprint density at radius 3 is 2.38 bits per heavy atom. The van der Waals surface area contributed by atoms with E-state index in [1.165, 1.54) is 22.3 Å². The van der Waals surface area contributed by atoms with Crippen molar-refractivity contribution in [3.63, 3.8) is 0 Å². The smallest absolute Gasteiger partial charge is 0.126 e. The van der Waals surface area contributed by atoms with E-state index in [1.54, 1.807) is 0 Å². The maximum absolute atomic E-state index is 11.7. The molecule has 2 heteroatoms. The highest BCUT2D eigenvalue weighted by atomic mass is 32.2. The molecule has 2 aromatic rings. The molecule has 1 atom stereocenters. The van der Waals surface area contributed by atoms with E-state index in [0.29, 0.717) is 0 Å². The molecule has 0 amide bonds. The second-order valence-electron chi connectivity index (χ2n) is 6.50. The first kappa shape index (κ1) is 18.8. The van der Waals surface area contributed by atoms with Crippen molar-refractivity contribution in [2.75, 3.05) is 5.75 Å². The minimum atomic E-state index is -0.180. The van der Waals surface area contributed by atoms with Crippen molar-refractivity contribution < 1.29 is 4.79 Å². The monoisotopic (exact) mass is 340 g/mol. The van der Waals surface area contributed by atoms with Crippen LogP contribution in [0.3, 0.4) is 0 Å². The molecule has 24 heavy (non-hydrogen) atoms. The summed E-state index contributed by atoms with van der Waals surface area (Å²) in [6.07, 6.45) is 6.33. The lowest BCUT2D eigenvalue weighted by molar-refractivity contribution is -0.115. The molecule has 128 valence electrons. The summed E-state index contributed by atoms with van der Waals surface area (Å²) in [6, 6.07) is 19.2. The zero-order valence-corrected chi connectivity index (χ0v) is 15.6. The molecule has 0 aromatic heterocycles. The average Bonchev–Trinajstić information content (AvgIpc) is 2.64. The molecule has 1 nitrogen and oxygen atoms in total. The zero-order chi connectivity index (χ0) is 17.3. The molecule has 0 heterocycles. The summed E-state index contributed by atoms with van der Waals surface area (Å²) in [5, 5.41) is 0. The van der Waals surface area contributed by atoms with Crippen LogP contribution in [0, 0.1) is 5.41 Å². The summed E-state index contributed by atoms with van der Waals surface area (Å²) in [5.74, 6) is 0.874. The fraction of sp³-hybridized carbons (Fsp3) is 0.409. The van der Waals surface area contributed by atoms with Gasteiger partial charge in [0, 0.05) is 16.1 Å². The van der Waals surface area contributed by atoms with Gasteiger partial charge in [0.15, 0.2) is 0 Å². The minimum Gasteiger partial charge on any atom is -0.303 e. The fourth-order valence-electron chi connectivity index (χ4n) is 2.88. The number of unbranched alkanes of at least 4 members (excludes halogenated alkanes) is 1. The molecule has 1 unspecified atom stereocenters. The molecule has 0 spiro atoms. The lowest BCUT2D eigenvalue weighted by Gasteiger charge is -2.26. The van der Waals surface area contributed by atoms with E-state index < -0.39 is 0 Å². The number of hydrogen-bond acceptors (Lipinski definition) is 2. The van der Waals surface area contributed by atoms with Crippen LogP contribution in [0.15, 0.2) is 59.5 Å². The predicted molar refractivity (Wildman–Crippen MR) is 105 cm³/mol. The van der Waals surface area contributed by atoms with E-state index in [4.69, 9.17) is 0 Å². The van der Waals surface area contributed by atoms with Gasteiger partial charge in [-0.15, -0.1) is 11.8 Å². The molecule has 0 N–H and O–H groups in total. The van der Waals surface area contributed by atoms with Gasteiger partial charge in [-0.1, -0.05) is 75.2 Å². The summed E-state index contributed by atoms with van der Waals surface area (Å²) in [7, 11) is 0. The van der Waals surface area contributed by atoms with Gasteiger partial charge < -0.3 is 4.79 Å². The van der Waals surface area contributed by atoms with Gasteiger partial charge in [-0.2, -0.15) is 0 Å². The second-order valence-corrected chi connectivity index (χ2v) is 7.51. The molecule has 0 saturated carbocycles. The molecular formula is C22H28OS. The zero-order valence-electron chi connectivity index (χ0n) is 14.8. The standard InChI is InChI=1S/C22H28OS/c1-3-5-15-22(4-2,17-23)18-24-21-14-10-9-13-20(21)16-19-11-7-6-8-12-19/h6-14,17H,3-5,15-16,18H2,1-2H3. The van der Waals surface area contributed by atoms with Crippen LogP contribution in [-0.2, 0) is 11.2 Å². The molecule has 0 aliphatic heterocycles. The van der Waals surface area contributed by atoms with Crippen molar-refractivity contribution in [3.8, 4) is 0 Å². The third-order valence-electron chi connectivity index (χ3n) is 4.71. The number of carbonyl (C=O) groups excluding carboxylic acids is 1. The Labute approximate surface area is 150 Å².